The third kappa shape index (κ3) is 3.84. The lowest BCUT2D eigenvalue weighted by atomic mass is 10.1. The van der Waals surface area contributed by atoms with Gasteiger partial charge in [0.15, 0.2) is 0 Å². The number of aromatic nitrogens is 3. The molecule has 0 unspecified atom stereocenters. The maximum Gasteiger partial charge on any atom is 0.0654 e. The van der Waals surface area contributed by atoms with Crippen LogP contribution >= 0.6 is 0 Å². The lowest BCUT2D eigenvalue weighted by Crippen LogP contribution is -2.04. The Bertz CT molecular complexity index is 955. The Hall–Kier alpha value is -2.94. The number of rotatable bonds is 8. The van der Waals surface area contributed by atoms with Gasteiger partial charge in [0, 0.05) is 18.9 Å². The summed E-state index contributed by atoms with van der Waals surface area (Å²) in [6.45, 7) is 5.30. The first-order valence-corrected chi connectivity index (χ1v) is 10.4. The minimum Gasteiger partial charge on any atom is -0.360 e. The SMILES string of the molecule is CCCc1c[nH]c(-c2ccc(-c3cc(CCC)c[nH]3)n2Cc2ccccc2)c1. The van der Waals surface area contributed by atoms with E-state index in [0.717, 1.165) is 32.2 Å². The van der Waals surface area contributed by atoms with Crippen LogP contribution in [-0.2, 0) is 19.4 Å². The Balaban J connectivity index is 1.75. The van der Waals surface area contributed by atoms with Crippen LogP contribution in [0.1, 0.15) is 43.4 Å². The maximum absolute atomic E-state index is 3.49. The van der Waals surface area contributed by atoms with Crippen LogP contribution in [0.5, 0.6) is 0 Å². The summed E-state index contributed by atoms with van der Waals surface area (Å²) in [5.74, 6) is 0. The first-order chi connectivity index (χ1) is 13.8. The molecule has 3 aromatic heterocycles. The molecule has 0 saturated carbocycles. The molecule has 0 aliphatic heterocycles. The van der Waals surface area contributed by atoms with Crippen molar-refractivity contribution >= 4 is 0 Å². The molecule has 0 radical (unpaired) electrons. The number of aromatic amines is 2. The standard InChI is InChI=1S/C25H29N3/c1-3-8-20-14-22(26-16-20)24-12-13-25(23-15-21(9-4-2)17-27-23)28(24)18-19-10-6-5-7-11-19/h5-7,10-17,26-27H,3-4,8-9,18H2,1-2H3. The molecular weight excluding hydrogens is 342 g/mol. The molecule has 0 bridgehead atoms. The second-order valence-electron chi connectivity index (χ2n) is 7.52. The van der Waals surface area contributed by atoms with Crippen molar-refractivity contribution in [1.29, 1.82) is 0 Å². The number of nitrogens with zero attached hydrogens (tertiary/aromatic N) is 1. The molecule has 3 heterocycles. The van der Waals surface area contributed by atoms with Gasteiger partial charge in [0.2, 0.25) is 0 Å². The summed E-state index contributed by atoms with van der Waals surface area (Å²) in [5.41, 5.74) is 8.88. The fourth-order valence-electron chi connectivity index (χ4n) is 3.91. The second kappa shape index (κ2) is 8.39. The smallest absolute Gasteiger partial charge is 0.0654 e. The van der Waals surface area contributed by atoms with E-state index < -0.39 is 0 Å². The van der Waals surface area contributed by atoms with E-state index in [4.69, 9.17) is 0 Å². The molecule has 4 rings (SSSR count). The van der Waals surface area contributed by atoms with Crippen molar-refractivity contribution in [2.24, 2.45) is 0 Å². The van der Waals surface area contributed by atoms with Crippen molar-refractivity contribution in [3.63, 3.8) is 0 Å². The molecule has 0 aliphatic rings. The van der Waals surface area contributed by atoms with E-state index in [1.165, 1.54) is 39.5 Å². The molecule has 3 nitrogen and oxygen atoms in total. The van der Waals surface area contributed by atoms with Gasteiger partial charge in [-0.1, -0.05) is 57.0 Å². The predicted octanol–water partition coefficient (Wildman–Crippen LogP) is 6.43. The maximum atomic E-state index is 3.49. The van der Waals surface area contributed by atoms with Gasteiger partial charge < -0.3 is 14.5 Å². The molecule has 4 aromatic rings. The van der Waals surface area contributed by atoms with Gasteiger partial charge in [0.05, 0.1) is 22.8 Å². The van der Waals surface area contributed by atoms with Crippen LogP contribution < -0.4 is 0 Å². The number of aryl methyl sites for hydroxylation is 2. The minimum atomic E-state index is 0.850. The van der Waals surface area contributed by atoms with E-state index in [-0.39, 0.29) is 0 Å². The molecule has 1 aromatic carbocycles. The topological polar surface area (TPSA) is 36.5 Å². The lowest BCUT2D eigenvalue weighted by Gasteiger charge is -2.13. The number of hydrogen-bond acceptors (Lipinski definition) is 0. The summed E-state index contributed by atoms with van der Waals surface area (Å²) in [6, 6.07) is 19.7. The molecule has 3 heteroatoms. The Morgan fingerprint density at radius 1 is 0.679 bits per heavy atom. The Labute approximate surface area is 167 Å². The first-order valence-electron chi connectivity index (χ1n) is 10.4. The van der Waals surface area contributed by atoms with Gasteiger partial charge in [-0.3, -0.25) is 0 Å². The molecule has 28 heavy (non-hydrogen) atoms. The molecule has 0 aliphatic carbocycles. The van der Waals surface area contributed by atoms with E-state index in [9.17, 15) is 0 Å². The lowest BCUT2D eigenvalue weighted by molar-refractivity contribution is 0.818. The molecule has 0 amide bonds. The van der Waals surface area contributed by atoms with E-state index in [2.05, 4.69) is 95.4 Å². The van der Waals surface area contributed by atoms with E-state index in [1.54, 1.807) is 0 Å². The summed E-state index contributed by atoms with van der Waals surface area (Å²) in [4.78, 5) is 6.98. The number of hydrogen-bond donors (Lipinski definition) is 2. The zero-order valence-electron chi connectivity index (χ0n) is 16.8. The molecular formula is C25H29N3. The molecule has 0 saturated heterocycles. The van der Waals surface area contributed by atoms with Crippen LogP contribution in [0.3, 0.4) is 0 Å². The van der Waals surface area contributed by atoms with Gasteiger partial charge >= 0.3 is 0 Å². The first kappa shape index (κ1) is 18.4. The van der Waals surface area contributed by atoms with Gasteiger partial charge in [0.1, 0.15) is 0 Å². The molecule has 144 valence electrons. The third-order valence-corrected chi connectivity index (χ3v) is 5.28. The van der Waals surface area contributed by atoms with Crippen LogP contribution in [0.2, 0.25) is 0 Å². The number of nitrogens with one attached hydrogen (secondary N) is 2. The third-order valence-electron chi connectivity index (χ3n) is 5.28. The van der Waals surface area contributed by atoms with Crippen LogP contribution in [0.15, 0.2) is 67.0 Å². The van der Waals surface area contributed by atoms with Crippen molar-refractivity contribution in [1.82, 2.24) is 14.5 Å². The zero-order chi connectivity index (χ0) is 19.3. The van der Waals surface area contributed by atoms with Gasteiger partial charge in [-0.2, -0.15) is 0 Å². The van der Waals surface area contributed by atoms with Crippen molar-refractivity contribution < 1.29 is 0 Å². The number of benzene rings is 1. The summed E-state index contributed by atoms with van der Waals surface area (Å²) in [5, 5.41) is 0. The van der Waals surface area contributed by atoms with Gasteiger partial charge in [0.25, 0.3) is 0 Å². The quantitative estimate of drug-likeness (QED) is 0.358. The highest BCUT2D eigenvalue weighted by Crippen LogP contribution is 2.30. The monoisotopic (exact) mass is 371 g/mol. The largest absolute Gasteiger partial charge is 0.360 e. The fraction of sp³-hybridized carbons (Fsp3) is 0.280. The van der Waals surface area contributed by atoms with Gasteiger partial charge in [-0.25, -0.2) is 0 Å². The van der Waals surface area contributed by atoms with E-state index in [1.807, 2.05) is 0 Å². The van der Waals surface area contributed by atoms with Gasteiger partial charge in [-0.05, 0) is 53.8 Å². The normalized spacial score (nSPS) is 11.2. The molecule has 0 fully saturated rings. The second-order valence-corrected chi connectivity index (χ2v) is 7.52. The molecule has 0 atom stereocenters. The molecule has 0 spiro atoms. The summed E-state index contributed by atoms with van der Waals surface area (Å²) in [7, 11) is 0. The van der Waals surface area contributed by atoms with Crippen molar-refractivity contribution in [3.05, 3.63) is 83.7 Å². The summed E-state index contributed by atoms with van der Waals surface area (Å²) >= 11 is 0. The van der Waals surface area contributed by atoms with E-state index >= 15 is 0 Å². The number of H-pyrrole nitrogens is 2. The average molecular weight is 372 g/mol. The Morgan fingerprint density at radius 3 is 1.71 bits per heavy atom. The highest BCUT2D eigenvalue weighted by molar-refractivity contribution is 5.67. The highest BCUT2D eigenvalue weighted by Gasteiger charge is 2.15. The predicted molar refractivity (Wildman–Crippen MR) is 118 cm³/mol. The van der Waals surface area contributed by atoms with Crippen molar-refractivity contribution in [2.75, 3.05) is 0 Å². The zero-order valence-corrected chi connectivity index (χ0v) is 16.8. The minimum absolute atomic E-state index is 0.850. The molecule has 2 N–H and O–H groups in total. The fourth-order valence-corrected chi connectivity index (χ4v) is 3.91. The van der Waals surface area contributed by atoms with Gasteiger partial charge in [-0.15, -0.1) is 0 Å². The average Bonchev–Trinajstić information content (AvgIpc) is 3.43. The van der Waals surface area contributed by atoms with Crippen LogP contribution in [0, 0.1) is 0 Å². The van der Waals surface area contributed by atoms with Crippen LogP contribution in [-0.4, -0.2) is 14.5 Å². The Morgan fingerprint density at radius 2 is 1.21 bits per heavy atom. The van der Waals surface area contributed by atoms with Crippen molar-refractivity contribution in [2.45, 2.75) is 46.1 Å². The summed E-state index contributed by atoms with van der Waals surface area (Å²) < 4.78 is 2.42. The van der Waals surface area contributed by atoms with Crippen molar-refractivity contribution in [3.8, 4) is 22.8 Å². The highest BCUT2D eigenvalue weighted by atomic mass is 15.0. The Kier molecular flexibility index (Phi) is 5.52. The summed E-state index contributed by atoms with van der Waals surface area (Å²) in [6.07, 6.45) is 8.84. The van der Waals surface area contributed by atoms with Crippen LogP contribution in [0.25, 0.3) is 22.8 Å². The van der Waals surface area contributed by atoms with Crippen LogP contribution in [0.4, 0.5) is 0 Å². The van der Waals surface area contributed by atoms with E-state index in [0.29, 0.717) is 0 Å².